The molecule has 168 valence electrons. The first kappa shape index (κ1) is 21.5. The molecule has 0 unspecified atom stereocenters. The average Bonchev–Trinajstić information content (AvgIpc) is 3.49. The van der Waals surface area contributed by atoms with E-state index in [-0.39, 0.29) is 43.6 Å². The molecule has 0 atom stereocenters. The summed E-state index contributed by atoms with van der Waals surface area (Å²) >= 11 is 0. The van der Waals surface area contributed by atoms with Gasteiger partial charge in [0.25, 0.3) is 5.91 Å². The fourth-order valence-corrected chi connectivity index (χ4v) is 3.74. The molecule has 4 N–H and O–H groups in total. The number of ether oxygens (including phenoxy) is 2. The summed E-state index contributed by atoms with van der Waals surface area (Å²) in [7, 11) is 0. The zero-order chi connectivity index (χ0) is 22.3. The monoisotopic (exact) mass is 438 g/mol. The second kappa shape index (κ2) is 10.0. The molecule has 0 radical (unpaired) electrons. The lowest BCUT2D eigenvalue weighted by Crippen LogP contribution is -2.36. The summed E-state index contributed by atoms with van der Waals surface area (Å²) in [4.78, 5) is 36.5. The van der Waals surface area contributed by atoms with E-state index < -0.39 is 0 Å². The van der Waals surface area contributed by atoms with Gasteiger partial charge in [-0.2, -0.15) is 0 Å². The van der Waals surface area contributed by atoms with Crippen LogP contribution in [-0.4, -0.2) is 37.7 Å². The van der Waals surface area contributed by atoms with E-state index in [9.17, 15) is 14.4 Å². The Balaban J connectivity index is 1.16. The first-order chi connectivity index (χ1) is 15.6. The van der Waals surface area contributed by atoms with Gasteiger partial charge in [0.05, 0.1) is 0 Å². The van der Waals surface area contributed by atoms with Gasteiger partial charge in [-0.15, -0.1) is 0 Å². The van der Waals surface area contributed by atoms with Crippen LogP contribution in [-0.2, 0) is 4.79 Å². The zero-order valence-corrected chi connectivity index (χ0v) is 17.6. The van der Waals surface area contributed by atoms with Gasteiger partial charge in [0.1, 0.15) is 0 Å². The molecular formula is C23H26N4O5. The molecule has 1 saturated carbocycles. The topological polar surface area (TPSA) is 118 Å². The van der Waals surface area contributed by atoms with Gasteiger partial charge in [-0.1, -0.05) is 12.8 Å². The third-order valence-electron chi connectivity index (χ3n) is 5.47. The minimum Gasteiger partial charge on any atom is -0.454 e. The van der Waals surface area contributed by atoms with Crippen molar-refractivity contribution >= 4 is 29.2 Å². The molecule has 1 heterocycles. The molecule has 0 saturated heterocycles. The minimum atomic E-state index is -0.388. The fourth-order valence-electron chi connectivity index (χ4n) is 3.74. The Hall–Kier alpha value is -3.75. The van der Waals surface area contributed by atoms with Gasteiger partial charge in [0.15, 0.2) is 11.5 Å². The number of anilines is 2. The molecule has 9 heteroatoms. The number of benzene rings is 2. The number of carbonyl (C=O) groups excluding carboxylic acids is 3. The van der Waals surface area contributed by atoms with Crippen LogP contribution in [0.4, 0.5) is 16.2 Å². The number of hydrogen-bond donors (Lipinski definition) is 4. The van der Waals surface area contributed by atoms with Crippen LogP contribution in [0.25, 0.3) is 0 Å². The summed E-state index contributed by atoms with van der Waals surface area (Å²) in [5.74, 6) is 1.11. The molecule has 1 aliphatic carbocycles. The summed E-state index contributed by atoms with van der Waals surface area (Å²) in [5.41, 5.74) is 1.74. The standard InChI is InChI=1S/C23H26N4O5/c28-21(16-5-7-17(8-6-16)26-22(29)15-3-1-2-4-15)24-11-12-25-23(30)27-18-9-10-19-20(13-18)32-14-31-19/h5-10,13,15H,1-4,11-12,14H2,(H,24,28)(H,26,29)(H2,25,27,30). The second-order valence-electron chi connectivity index (χ2n) is 7.75. The van der Waals surface area contributed by atoms with Crippen molar-refractivity contribution in [2.75, 3.05) is 30.5 Å². The van der Waals surface area contributed by atoms with Crippen LogP contribution in [0.2, 0.25) is 0 Å². The predicted molar refractivity (Wildman–Crippen MR) is 119 cm³/mol. The maximum absolute atomic E-state index is 12.3. The maximum Gasteiger partial charge on any atom is 0.319 e. The van der Waals surface area contributed by atoms with Gasteiger partial charge < -0.3 is 30.7 Å². The summed E-state index contributed by atoms with van der Waals surface area (Å²) in [5, 5.41) is 11.0. The minimum absolute atomic E-state index is 0.0461. The number of rotatable bonds is 7. The van der Waals surface area contributed by atoms with Gasteiger partial charge in [0, 0.05) is 42.0 Å². The molecule has 32 heavy (non-hydrogen) atoms. The number of hydrogen-bond acceptors (Lipinski definition) is 5. The van der Waals surface area contributed by atoms with E-state index in [1.54, 1.807) is 42.5 Å². The molecule has 0 spiro atoms. The van der Waals surface area contributed by atoms with Crippen LogP contribution in [0.5, 0.6) is 11.5 Å². The largest absolute Gasteiger partial charge is 0.454 e. The molecule has 9 nitrogen and oxygen atoms in total. The van der Waals surface area contributed by atoms with E-state index in [1.165, 1.54) is 0 Å². The van der Waals surface area contributed by atoms with Gasteiger partial charge >= 0.3 is 6.03 Å². The van der Waals surface area contributed by atoms with Crippen molar-refractivity contribution in [2.24, 2.45) is 5.92 Å². The third-order valence-corrected chi connectivity index (χ3v) is 5.47. The molecular weight excluding hydrogens is 412 g/mol. The SMILES string of the molecule is O=C(NCCNC(=O)c1ccc(NC(=O)C2CCCC2)cc1)Nc1ccc2c(c1)OCO2. The number of urea groups is 1. The highest BCUT2D eigenvalue weighted by atomic mass is 16.7. The van der Waals surface area contributed by atoms with E-state index in [2.05, 4.69) is 21.3 Å². The molecule has 2 aliphatic rings. The average molecular weight is 438 g/mol. The van der Waals surface area contributed by atoms with Crippen LogP contribution in [0.15, 0.2) is 42.5 Å². The van der Waals surface area contributed by atoms with E-state index >= 15 is 0 Å². The predicted octanol–water partition coefficient (Wildman–Crippen LogP) is 3.10. The van der Waals surface area contributed by atoms with Crippen LogP contribution in [0.1, 0.15) is 36.0 Å². The Bertz CT molecular complexity index is 986. The summed E-state index contributed by atoms with van der Waals surface area (Å²) in [6.45, 7) is 0.702. The van der Waals surface area contributed by atoms with Crippen LogP contribution < -0.4 is 30.7 Å². The molecule has 4 amide bonds. The van der Waals surface area contributed by atoms with Crippen LogP contribution in [0, 0.1) is 5.92 Å². The Morgan fingerprint density at radius 1 is 0.812 bits per heavy atom. The van der Waals surface area contributed by atoms with Gasteiger partial charge in [-0.05, 0) is 49.2 Å². The van der Waals surface area contributed by atoms with Crippen molar-refractivity contribution in [3.05, 3.63) is 48.0 Å². The quantitative estimate of drug-likeness (QED) is 0.496. The first-order valence-corrected chi connectivity index (χ1v) is 10.7. The molecule has 2 aromatic carbocycles. The van der Waals surface area contributed by atoms with Crippen molar-refractivity contribution in [1.82, 2.24) is 10.6 Å². The third kappa shape index (κ3) is 5.48. The Morgan fingerprint density at radius 2 is 1.50 bits per heavy atom. The van der Waals surface area contributed by atoms with Crippen molar-refractivity contribution in [1.29, 1.82) is 0 Å². The second-order valence-corrected chi connectivity index (χ2v) is 7.75. The van der Waals surface area contributed by atoms with Crippen molar-refractivity contribution in [2.45, 2.75) is 25.7 Å². The Morgan fingerprint density at radius 3 is 2.28 bits per heavy atom. The van der Waals surface area contributed by atoms with E-state index in [4.69, 9.17) is 9.47 Å². The van der Waals surface area contributed by atoms with Crippen molar-refractivity contribution < 1.29 is 23.9 Å². The van der Waals surface area contributed by atoms with Crippen LogP contribution >= 0.6 is 0 Å². The highest BCUT2D eigenvalue weighted by Crippen LogP contribution is 2.34. The highest BCUT2D eigenvalue weighted by molar-refractivity contribution is 5.96. The molecule has 2 aromatic rings. The zero-order valence-electron chi connectivity index (χ0n) is 17.6. The summed E-state index contributed by atoms with van der Waals surface area (Å²) in [6, 6.07) is 11.5. The van der Waals surface area contributed by atoms with Gasteiger partial charge in [-0.3, -0.25) is 9.59 Å². The lowest BCUT2D eigenvalue weighted by Gasteiger charge is -2.11. The van der Waals surface area contributed by atoms with E-state index in [1.807, 2.05) is 0 Å². The van der Waals surface area contributed by atoms with Crippen molar-refractivity contribution in [3.63, 3.8) is 0 Å². The maximum atomic E-state index is 12.3. The smallest absolute Gasteiger partial charge is 0.319 e. The van der Waals surface area contributed by atoms with Gasteiger partial charge in [0.2, 0.25) is 12.7 Å². The summed E-state index contributed by atoms with van der Waals surface area (Å²) in [6.07, 6.45) is 4.09. The number of amides is 4. The number of carbonyl (C=O) groups is 3. The Labute approximate surface area is 185 Å². The number of fused-ring (bicyclic) bond motifs is 1. The van der Waals surface area contributed by atoms with Gasteiger partial charge in [-0.25, -0.2) is 4.79 Å². The summed E-state index contributed by atoms with van der Waals surface area (Å²) < 4.78 is 10.5. The molecule has 1 aliphatic heterocycles. The normalized spacial score (nSPS) is 14.6. The lowest BCUT2D eigenvalue weighted by molar-refractivity contribution is -0.119. The number of nitrogens with one attached hydrogen (secondary N) is 4. The lowest BCUT2D eigenvalue weighted by atomic mass is 10.1. The molecule has 1 fully saturated rings. The Kier molecular flexibility index (Phi) is 6.74. The highest BCUT2D eigenvalue weighted by Gasteiger charge is 2.22. The fraction of sp³-hybridized carbons (Fsp3) is 0.348. The molecule has 0 aromatic heterocycles. The van der Waals surface area contributed by atoms with Crippen LogP contribution in [0.3, 0.4) is 0 Å². The molecule has 0 bridgehead atoms. The first-order valence-electron chi connectivity index (χ1n) is 10.7. The van der Waals surface area contributed by atoms with E-state index in [0.29, 0.717) is 28.4 Å². The molecule has 4 rings (SSSR count). The van der Waals surface area contributed by atoms with Crippen molar-refractivity contribution in [3.8, 4) is 11.5 Å². The van der Waals surface area contributed by atoms with E-state index in [0.717, 1.165) is 25.7 Å².